The van der Waals surface area contributed by atoms with Crippen LogP contribution in [0.4, 0.5) is 0 Å². The molecule has 0 aromatic rings. The fourth-order valence-corrected chi connectivity index (χ4v) is 5.14. The lowest BCUT2D eigenvalue weighted by atomic mass is 10.2. The van der Waals surface area contributed by atoms with Gasteiger partial charge in [-0.25, -0.2) is 8.42 Å². The van der Waals surface area contributed by atoms with Crippen LogP contribution in [0, 0.1) is 11.8 Å². The zero-order valence-electron chi connectivity index (χ0n) is 19.7. The number of piperazine rings is 1. The van der Waals surface area contributed by atoms with Crippen LogP contribution in [-0.4, -0.2) is 92.8 Å². The second kappa shape index (κ2) is 12.5. The Labute approximate surface area is 201 Å². The molecule has 3 N–H and O–H groups in total. The maximum Gasteiger partial charge on any atom is 0.223 e. The molecule has 0 unspecified atom stereocenters. The Kier molecular flexibility index (Phi) is 9.69. The predicted molar refractivity (Wildman–Crippen MR) is 125 cm³/mol. The Hall–Kier alpha value is -2.21. The van der Waals surface area contributed by atoms with Crippen molar-refractivity contribution in [2.24, 2.45) is 11.8 Å². The highest BCUT2D eigenvalue weighted by Crippen LogP contribution is 2.29. The second-order valence-electron chi connectivity index (χ2n) is 9.28. The summed E-state index contributed by atoms with van der Waals surface area (Å²) in [4.78, 5) is 49.0. The summed E-state index contributed by atoms with van der Waals surface area (Å²) in [5.74, 6) is -0.0376. The van der Waals surface area contributed by atoms with E-state index in [4.69, 9.17) is 0 Å². The van der Waals surface area contributed by atoms with Gasteiger partial charge in [-0.05, 0) is 38.5 Å². The first kappa shape index (κ1) is 26.4. The number of rotatable bonds is 14. The smallest absolute Gasteiger partial charge is 0.223 e. The molecule has 2 saturated carbocycles. The van der Waals surface area contributed by atoms with E-state index in [9.17, 15) is 27.6 Å². The Morgan fingerprint density at radius 2 is 1.24 bits per heavy atom. The summed E-state index contributed by atoms with van der Waals surface area (Å²) in [6.07, 6.45) is 5.42. The van der Waals surface area contributed by atoms with E-state index in [-0.39, 0.29) is 67.3 Å². The summed E-state index contributed by atoms with van der Waals surface area (Å²) < 4.78 is 26.5. The van der Waals surface area contributed by atoms with Crippen molar-refractivity contribution in [1.82, 2.24) is 25.2 Å². The monoisotopic (exact) mass is 499 g/mol. The molecule has 1 saturated heterocycles. The molecule has 3 aliphatic rings. The van der Waals surface area contributed by atoms with Crippen molar-refractivity contribution in [3.63, 3.8) is 0 Å². The predicted octanol–water partition coefficient (Wildman–Crippen LogP) is -0.811. The van der Waals surface area contributed by atoms with Gasteiger partial charge >= 0.3 is 0 Å². The van der Waals surface area contributed by atoms with E-state index < -0.39 is 10.0 Å². The summed E-state index contributed by atoms with van der Waals surface area (Å²) in [6, 6.07) is 0. The van der Waals surface area contributed by atoms with Gasteiger partial charge in [0.25, 0.3) is 0 Å². The van der Waals surface area contributed by atoms with Crippen LogP contribution >= 0.6 is 0 Å². The van der Waals surface area contributed by atoms with Crippen molar-refractivity contribution in [2.45, 2.75) is 51.4 Å². The lowest BCUT2D eigenvalue weighted by Gasteiger charge is -2.34. The molecule has 3 fully saturated rings. The number of hydrogen-bond acceptors (Lipinski definition) is 6. The summed E-state index contributed by atoms with van der Waals surface area (Å²) in [5.41, 5.74) is 0. The third-order valence-corrected chi connectivity index (χ3v) is 8.18. The topological polar surface area (TPSA) is 145 Å². The molecule has 0 aromatic carbocycles. The van der Waals surface area contributed by atoms with E-state index in [2.05, 4.69) is 16.0 Å². The third kappa shape index (κ3) is 8.86. The first-order valence-electron chi connectivity index (χ1n) is 12.3. The average molecular weight is 500 g/mol. The van der Waals surface area contributed by atoms with Crippen LogP contribution < -0.4 is 16.0 Å². The molecule has 34 heavy (non-hydrogen) atoms. The van der Waals surface area contributed by atoms with Gasteiger partial charge in [0.2, 0.25) is 33.7 Å². The maximum atomic E-state index is 12.6. The second-order valence-corrected chi connectivity index (χ2v) is 11.4. The quantitative estimate of drug-likeness (QED) is 0.267. The van der Waals surface area contributed by atoms with Crippen LogP contribution in [0.2, 0.25) is 0 Å². The Morgan fingerprint density at radius 1 is 0.706 bits per heavy atom. The highest BCUT2D eigenvalue weighted by molar-refractivity contribution is 7.89. The van der Waals surface area contributed by atoms with Gasteiger partial charge < -0.3 is 20.9 Å². The zero-order valence-corrected chi connectivity index (χ0v) is 20.5. The van der Waals surface area contributed by atoms with E-state index in [0.717, 1.165) is 25.7 Å². The van der Waals surface area contributed by atoms with E-state index in [1.54, 1.807) is 4.90 Å². The third-order valence-electron chi connectivity index (χ3n) is 6.31. The normalized spacial score (nSPS) is 18.9. The van der Waals surface area contributed by atoms with E-state index in [1.165, 1.54) is 4.31 Å². The molecule has 2 aliphatic carbocycles. The lowest BCUT2D eigenvalue weighted by Crippen LogP contribution is -2.51. The molecule has 0 aromatic heterocycles. The van der Waals surface area contributed by atoms with Gasteiger partial charge in [0.1, 0.15) is 0 Å². The van der Waals surface area contributed by atoms with Gasteiger partial charge in [0, 0.05) is 70.5 Å². The van der Waals surface area contributed by atoms with Crippen molar-refractivity contribution in [2.75, 3.05) is 51.6 Å². The number of nitrogens with one attached hydrogen (secondary N) is 3. The SMILES string of the molecule is O=C(CCCNC(=O)C1CC1)NCCS(=O)(=O)N1CCN(C(=O)CCCNC(=O)C2CC2)CC1. The van der Waals surface area contributed by atoms with Crippen LogP contribution in [0.25, 0.3) is 0 Å². The van der Waals surface area contributed by atoms with Gasteiger partial charge in [0.05, 0.1) is 5.75 Å². The fraction of sp³-hybridized carbons (Fsp3) is 0.818. The van der Waals surface area contributed by atoms with Crippen molar-refractivity contribution in [1.29, 1.82) is 0 Å². The standard InChI is InChI=1S/C22H37N5O6S/c28-19(3-1-9-24-21(30)17-5-6-17)23-11-16-34(32,33)27-14-12-26(13-15-27)20(29)4-2-10-25-22(31)18-7-8-18/h17-18H,1-16H2,(H,23,28)(H,24,30)(H,25,31). The summed E-state index contributed by atoms with van der Waals surface area (Å²) in [5, 5.41) is 8.26. The zero-order chi connectivity index (χ0) is 24.6. The van der Waals surface area contributed by atoms with Crippen molar-refractivity contribution >= 4 is 33.7 Å². The van der Waals surface area contributed by atoms with E-state index in [1.807, 2.05) is 0 Å². The molecular weight excluding hydrogens is 462 g/mol. The fourth-order valence-electron chi connectivity index (χ4n) is 3.80. The molecule has 0 spiro atoms. The summed E-state index contributed by atoms with van der Waals surface area (Å²) in [7, 11) is -3.52. The lowest BCUT2D eigenvalue weighted by molar-refractivity contribution is -0.132. The van der Waals surface area contributed by atoms with Crippen LogP contribution in [-0.2, 0) is 29.2 Å². The van der Waals surface area contributed by atoms with Gasteiger partial charge in [-0.3, -0.25) is 19.2 Å². The Balaban J connectivity index is 1.23. The van der Waals surface area contributed by atoms with E-state index in [0.29, 0.717) is 45.4 Å². The van der Waals surface area contributed by atoms with Gasteiger partial charge in [-0.1, -0.05) is 0 Å². The number of carbonyl (C=O) groups excluding carboxylic acids is 4. The van der Waals surface area contributed by atoms with Crippen LogP contribution in [0.5, 0.6) is 0 Å². The minimum absolute atomic E-state index is 0.0291. The van der Waals surface area contributed by atoms with Crippen molar-refractivity contribution < 1.29 is 27.6 Å². The van der Waals surface area contributed by atoms with Crippen LogP contribution in [0.15, 0.2) is 0 Å². The number of amides is 4. The summed E-state index contributed by atoms with van der Waals surface area (Å²) in [6.45, 7) is 2.11. The molecule has 11 nitrogen and oxygen atoms in total. The highest BCUT2D eigenvalue weighted by Gasteiger charge is 2.30. The molecule has 0 radical (unpaired) electrons. The maximum absolute atomic E-state index is 12.6. The van der Waals surface area contributed by atoms with Gasteiger partial charge in [0.15, 0.2) is 0 Å². The molecular formula is C22H37N5O6S. The number of sulfonamides is 1. The minimum atomic E-state index is -3.52. The first-order valence-corrected chi connectivity index (χ1v) is 13.9. The van der Waals surface area contributed by atoms with Crippen LogP contribution in [0.3, 0.4) is 0 Å². The number of nitrogens with zero attached hydrogens (tertiary/aromatic N) is 2. The highest BCUT2D eigenvalue weighted by atomic mass is 32.2. The van der Waals surface area contributed by atoms with Gasteiger partial charge in [-0.15, -0.1) is 0 Å². The van der Waals surface area contributed by atoms with Crippen molar-refractivity contribution in [3.8, 4) is 0 Å². The Morgan fingerprint density at radius 3 is 1.76 bits per heavy atom. The minimum Gasteiger partial charge on any atom is -0.356 e. The van der Waals surface area contributed by atoms with Gasteiger partial charge in [-0.2, -0.15) is 4.31 Å². The molecule has 4 amide bonds. The Bertz CT molecular complexity index is 848. The largest absolute Gasteiger partial charge is 0.356 e. The molecule has 1 heterocycles. The average Bonchev–Trinajstić information content (AvgIpc) is 3.71. The molecule has 192 valence electrons. The molecule has 0 atom stereocenters. The summed E-state index contributed by atoms with van der Waals surface area (Å²) >= 11 is 0. The van der Waals surface area contributed by atoms with E-state index >= 15 is 0 Å². The number of carbonyl (C=O) groups is 4. The number of hydrogen-bond donors (Lipinski definition) is 3. The van der Waals surface area contributed by atoms with Crippen molar-refractivity contribution in [3.05, 3.63) is 0 Å². The first-order chi connectivity index (χ1) is 16.3. The van der Waals surface area contributed by atoms with Crippen LogP contribution in [0.1, 0.15) is 51.4 Å². The molecule has 0 bridgehead atoms. The molecule has 1 aliphatic heterocycles. The molecule has 12 heteroatoms. The molecule has 3 rings (SSSR count).